The summed E-state index contributed by atoms with van der Waals surface area (Å²) < 4.78 is 0. The highest BCUT2D eigenvalue weighted by Gasteiger charge is 2.41. The molecule has 27 heavy (non-hydrogen) atoms. The maximum absolute atomic E-state index is 12.7. The molecule has 3 aromatic rings. The van der Waals surface area contributed by atoms with E-state index in [2.05, 4.69) is 29.0 Å². The molecule has 1 N–H and O–H groups in total. The van der Waals surface area contributed by atoms with Crippen molar-refractivity contribution in [3.05, 3.63) is 73.6 Å². The number of aryl methyl sites for hydroxylation is 1. The van der Waals surface area contributed by atoms with Gasteiger partial charge >= 0.3 is 5.91 Å². The van der Waals surface area contributed by atoms with E-state index >= 15 is 0 Å². The third kappa shape index (κ3) is 2.67. The van der Waals surface area contributed by atoms with Gasteiger partial charge in [-0.1, -0.05) is 17.7 Å². The second-order valence-corrected chi connectivity index (χ2v) is 9.13. The van der Waals surface area contributed by atoms with Crippen molar-refractivity contribution in [2.45, 2.75) is 19.4 Å². The Hall–Kier alpha value is -2.28. The molecule has 4 nitrogen and oxygen atoms in total. The van der Waals surface area contributed by atoms with Gasteiger partial charge in [0.05, 0.1) is 22.7 Å². The van der Waals surface area contributed by atoms with Crippen molar-refractivity contribution < 1.29 is 14.5 Å². The number of carbonyl (C=O) groups excluding carboxylic acids is 2. The van der Waals surface area contributed by atoms with Gasteiger partial charge in [0.1, 0.15) is 0 Å². The van der Waals surface area contributed by atoms with Crippen LogP contribution in [0.25, 0.3) is 0 Å². The van der Waals surface area contributed by atoms with Gasteiger partial charge in [-0.3, -0.25) is 14.5 Å². The summed E-state index contributed by atoms with van der Waals surface area (Å²) in [5, 5.41) is 4.27. The molecule has 0 saturated carbocycles. The molecule has 1 unspecified atom stereocenters. The summed E-state index contributed by atoms with van der Waals surface area (Å²) >= 11 is 3.58. The van der Waals surface area contributed by atoms with Gasteiger partial charge in [0, 0.05) is 16.9 Å². The van der Waals surface area contributed by atoms with Crippen molar-refractivity contribution in [1.29, 1.82) is 0 Å². The summed E-state index contributed by atoms with van der Waals surface area (Å²) in [5.74, 6) is -0.779. The van der Waals surface area contributed by atoms with Crippen molar-refractivity contribution in [2.75, 3.05) is 18.1 Å². The first kappa shape index (κ1) is 16.9. The predicted molar refractivity (Wildman–Crippen MR) is 108 cm³/mol. The van der Waals surface area contributed by atoms with E-state index in [1.165, 1.54) is 20.2 Å². The average Bonchev–Trinajstić information content (AvgIpc) is 3.39. The van der Waals surface area contributed by atoms with Crippen molar-refractivity contribution in [3.8, 4) is 0 Å². The van der Waals surface area contributed by atoms with Gasteiger partial charge in [0.25, 0.3) is 5.78 Å². The Labute approximate surface area is 165 Å². The number of rotatable bonds is 3. The molecular formula is C21H19N2O2S2+. The Morgan fingerprint density at radius 3 is 2.85 bits per heavy atom. The normalized spacial score (nSPS) is 21.4. The van der Waals surface area contributed by atoms with Crippen LogP contribution in [0, 0.1) is 6.92 Å². The second kappa shape index (κ2) is 6.41. The van der Waals surface area contributed by atoms with Gasteiger partial charge in [-0.25, -0.2) is 0 Å². The molecule has 6 heteroatoms. The van der Waals surface area contributed by atoms with Crippen molar-refractivity contribution >= 4 is 40.1 Å². The number of benzene rings is 1. The third-order valence-electron chi connectivity index (χ3n) is 5.49. The van der Waals surface area contributed by atoms with Crippen LogP contribution in [0.3, 0.4) is 0 Å². The van der Waals surface area contributed by atoms with Crippen LogP contribution >= 0.6 is 22.7 Å². The largest absolute Gasteiger partial charge is 0.306 e. The maximum atomic E-state index is 12.7. The number of fused-ring (bicyclic) bond motifs is 2. The highest BCUT2D eigenvalue weighted by Crippen LogP contribution is 2.33. The molecule has 0 spiro atoms. The molecule has 1 aromatic carbocycles. The lowest BCUT2D eigenvalue weighted by Crippen LogP contribution is -3.15. The van der Waals surface area contributed by atoms with E-state index in [0.717, 1.165) is 24.2 Å². The van der Waals surface area contributed by atoms with Crippen LogP contribution < -0.4 is 9.80 Å². The fourth-order valence-electron chi connectivity index (χ4n) is 4.20. The molecule has 2 atom stereocenters. The van der Waals surface area contributed by atoms with E-state index in [1.807, 2.05) is 36.5 Å². The van der Waals surface area contributed by atoms with Gasteiger partial charge in [0.15, 0.2) is 12.7 Å². The first-order chi connectivity index (χ1) is 13.1. The predicted octanol–water partition coefficient (Wildman–Crippen LogP) is 2.84. The number of amides is 1. The number of nitrogens with zero attached hydrogens (tertiary/aromatic N) is 1. The summed E-state index contributed by atoms with van der Waals surface area (Å²) in [6.45, 7) is 3.41. The van der Waals surface area contributed by atoms with E-state index in [0.29, 0.717) is 12.2 Å². The Balaban J connectivity index is 1.52. The zero-order valence-electron chi connectivity index (χ0n) is 14.9. The van der Waals surface area contributed by atoms with Gasteiger partial charge in [0.2, 0.25) is 0 Å². The lowest BCUT2D eigenvalue weighted by atomic mass is 9.99. The molecule has 4 heterocycles. The average molecular weight is 396 g/mol. The molecule has 0 bridgehead atoms. The smallest absolute Gasteiger partial charge is 0.303 e. The first-order valence-corrected chi connectivity index (χ1v) is 10.8. The number of hydrogen-bond acceptors (Lipinski definition) is 4. The minimum Gasteiger partial charge on any atom is -0.306 e. The van der Waals surface area contributed by atoms with Gasteiger partial charge < -0.3 is 4.90 Å². The highest BCUT2D eigenvalue weighted by atomic mass is 32.1. The molecule has 2 aliphatic rings. The standard InChI is InChI=1S/C21H18N2O2S2/c1-13-4-5-16-15(11-13)20(24)21(25)23(16)12-22-8-6-17-14(7-10-27-17)19(22)18-3-2-9-26-18/h2-5,7,9-11,19H,6,8,12H2,1H3/p+1/t19-/m1/s1. The van der Waals surface area contributed by atoms with Crippen LogP contribution in [-0.4, -0.2) is 24.9 Å². The lowest BCUT2D eigenvalue weighted by Gasteiger charge is -2.34. The summed E-state index contributed by atoms with van der Waals surface area (Å²) in [6.07, 6.45) is 1.01. The van der Waals surface area contributed by atoms with Crippen molar-refractivity contribution in [3.63, 3.8) is 0 Å². The van der Waals surface area contributed by atoms with Crippen LogP contribution in [0.1, 0.15) is 37.3 Å². The number of hydrogen-bond donors (Lipinski definition) is 1. The topological polar surface area (TPSA) is 41.8 Å². The number of carbonyl (C=O) groups is 2. The number of thiophene rings is 2. The van der Waals surface area contributed by atoms with Gasteiger partial charge in [-0.15, -0.1) is 22.7 Å². The van der Waals surface area contributed by atoms with Crippen LogP contribution in [0.15, 0.2) is 47.2 Å². The SMILES string of the molecule is Cc1ccc2c(c1)C(=O)C(=O)N2C[NH+]1CCc2sccc2[C@@H]1c1cccs1. The molecule has 0 radical (unpaired) electrons. The van der Waals surface area contributed by atoms with Crippen molar-refractivity contribution in [2.24, 2.45) is 0 Å². The summed E-state index contributed by atoms with van der Waals surface area (Å²) in [4.78, 5) is 30.9. The third-order valence-corrected chi connectivity index (χ3v) is 7.42. The Kier molecular flexibility index (Phi) is 4.00. The van der Waals surface area contributed by atoms with Gasteiger partial charge in [-0.05, 0) is 41.9 Å². The zero-order valence-corrected chi connectivity index (χ0v) is 16.5. The van der Waals surface area contributed by atoms with E-state index < -0.39 is 5.91 Å². The summed E-state index contributed by atoms with van der Waals surface area (Å²) in [5.41, 5.74) is 3.66. The molecule has 0 aliphatic carbocycles. The van der Waals surface area contributed by atoms with Crippen LogP contribution in [0.2, 0.25) is 0 Å². The fraction of sp³-hybridized carbons (Fsp3) is 0.238. The zero-order chi connectivity index (χ0) is 18.5. The second-order valence-electron chi connectivity index (χ2n) is 7.15. The quantitative estimate of drug-likeness (QED) is 0.693. The number of Topliss-reactive ketones (excluding diaryl/α,β-unsaturated/α-hetero) is 1. The van der Waals surface area contributed by atoms with Crippen LogP contribution in [-0.2, 0) is 11.2 Å². The fourth-order valence-corrected chi connectivity index (χ4v) is 6.03. The summed E-state index contributed by atoms with van der Waals surface area (Å²) in [7, 11) is 0. The number of anilines is 1. The minimum absolute atomic E-state index is 0.220. The van der Waals surface area contributed by atoms with Crippen LogP contribution in [0.4, 0.5) is 5.69 Å². The molecule has 2 aliphatic heterocycles. The molecule has 1 amide bonds. The Bertz CT molecular complexity index is 1040. The molecular weight excluding hydrogens is 376 g/mol. The summed E-state index contributed by atoms with van der Waals surface area (Å²) in [6, 6.07) is 12.4. The molecule has 0 fully saturated rings. The Morgan fingerprint density at radius 2 is 2.04 bits per heavy atom. The molecule has 0 saturated heterocycles. The number of ketones is 1. The van der Waals surface area contributed by atoms with E-state index in [9.17, 15) is 9.59 Å². The van der Waals surface area contributed by atoms with Crippen LogP contribution in [0.5, 0.6) is 0 Å². The van der Waals surface area contributed by atoms with E-state index in [1.54, 1.807) is 16.2 Å². The van der Waals surface area contributed by atoms with Crippen molar-refractivity contribution in [1.82, 2.24) is 0 Å². The maximum Gasteiger partial charge on any atom is 0.303 e. The molecule has 2 aromatic heterocycles. The van der Waals surface area contributed by atoms with E-state index in [4.69, 9.17) is 0 Å². The van der Waals surface area contributed by atoms with Gasteiger partial charge in [-0.2, -0.15) is 0 Å². The molecule has 136 valence electrons. The lowest BCUT2D eigenvalue weighted by molar-refractivity contribution is -0.926. The molecule has 5 rings (SSSR count). The monoisotopic (exact) mass is 395 g/mol. The number of nitrogens with one attached hydrogen (secondary N) is 1. The Morgan fingerprint density at radius 1 is 1.15 bits per heavy atom. The van der Waals surface area contributed by atoms with E-state index in [-0.39, 0.29) is 11.8 Å². The number of quaternary nitrogens is 1. The minimum atomic E-state index is -0.399. The highest BCUT2D eigenvalue weighted by molar-refractivity contribution is 7.10. The first-order valence-electron chi connectivity index (χ1n) is 9.04.